The van der Waals surface area contributed by atoms with Crippen LogP contribution in [0.3, 0.4) is 0 Å². The first kappa shape index (κ1) is 22.5. The molecular weight excluding hydrogens is 436 g/mol. The Balaban J connectivity index is 1.64. The van der Waals surface area contributed by atoms with Gasteiger partial charge in [0, 0.05) is 16.2 Å². The van der Waals surface area contributed by atoms with E-state index in [-0.39, 0.29) is 11.5 Å². The van der Waals surface area contributed by atoms with Gasteiger partial charge in [0.1, 0.15) is 23.4 Å². The third kappa shape index (κ3) is 5.59. The first-order valence-corrected chi connectivity index (χ1v) is 11.4. The molecule has 0 aliphatic rings. The second kappa shape index (κ2) is 10.3. The van der Waals surface area contributed by atoms with Crippen molar-refractivity contribution in [2.75, 3.05) is 6.54 Å². The number of thioether (sulfide) groups is 1. The molecule has 0 fully saturated rings. The average Bonchev–Trinajstić information content (AvgIpc) is 3.18. The molecule has 0 N–H and O–H groups in total. The molecular formula is C25H24N4O3S. The summed E-state index contributed by atoms with van der Waals surface area (Å²) < 4.78 is 8.00. The molecule has 0 amide bonds. The number of aryl methyl sites for hydroxylation is 2. The maximum Gasteiger partial charge on any atom is 0.220 e. The van der Waals surface area contributed by atoms with Crippen molar-refractivity contribution in [3.05, 3.63) is 111 Å². The number of ether oxygens (including phenoxy) is 1. The van der Waals surface area contributed by atoms with Gasteiger partial charge in [-0.1, -0.05) is 78.0 Å². The van der Waals surface area contributed by atoms with Crippen LogP contribution in [0.1, 0.15) is 27.8 Å². The largest absolute Gasteiger partial charge is 0.489 e. The normalized spacial score (nSPS) is 11.8. The van der Waals surface area contributed by atoms with Crippen molar-refractivity contribution in [3.63, 3.8) is 0 Å². The number of aromatic nitrogens is 3. The summed E-state index contributed by atoms with van der Waals surface area (Å²) in [5.41, 5.74) is 3.85. The van der Waals surface area contributed by atoms with Gasteiger partial charge in [-0.15, -0.1) is 10.2 Å². The molecule has 7 nitrogen and oxygen atoms in total. The molecule has 1 atom stereocenters. The van der Waals surface area contributed by atoms with Crippen molar-refractivity contribution < 1.29 is 9.66 Å². The highest BCUT2D eigenvalue weighted by Crippen LogP contribution is 2.40. The van der Waals surface area contributed by atoms with E-state index < -0.39 is 5.25 Å². The van der Waals surface area contributed by atoms with Gasteiger partial charge in [0.2, 0.25) is 6.54 Å². The second-order valence-corrected chi connectivity index (χ2v) is 8.80. The lowest BCUT2D eigenvalue weighted by atomic mass is 10.1. The van der Waals surface area contributed by atoms with Crippen LogP contribution >= 0.6 is 11.8 Å². The number of benzene rings is 3. The minimum Gasteiger partial charge on any atom is -0.489 e. The highest BCUT2D eigenvalue weighted by Gasteiger charge is 2.26. The van der Waals surface area contributed by atoms with E-state index in [2.05, 4.69) is 10.2 Å². The lowest BCUT2D eigenvalue weighted by Crippen LogP contribution is -2.12. The molecule has 0 aliphatic carbocycles. The van der Waals surface area contributed by atoms with E-state index in [1.54, 1.807) is 0 Å². The number of rotatable bonds is 9. The summed E-state index contributed by atoms with van der Waals surface area (Å²) in [5.74, 6) is 1.34. The smallest absolute Gasteiger partial charge is 0.220 e. The van der Waals surface area contributed by atoms with Crippen molar-refractivity contribution in [2.45, 2.75) is 30.9 Å². The average molecular weight is 461 g/mol. The highest BCUT2D eigenvalue weighted by molar-refractivity contribution is 7.99. The monoisotopic (exact) mass is 460 g/mol. The highest BCUT2D eigenvalue weighted by atomic mass is 32.2. The van der Waals surface area contributed by atoms with Gasteiger partial charge in [-0.25, -0.2) is 0 Å². The van der Waals surface area contributed by atoms with E-state index in [9.17, 15) is 10.1 Å². The molecule has 8 heteroatoms. The van der Waals surface area contributed by atoms with Crippen LogP contribution < -0.4 is 4.74 Å². The minimum absolute atomic E-state index is 0.268. The van der Waals surface area contributed by atoms with Crippen molar-refractivity contribution in [1.82, 2.24) is 14.8 Å². The topological polar surface area (TPSA) is 83.1 Å². The standard InChI is InChI=1S/C25H24N4O3S/c1-18-12-14-21(15-13-18)29-19(2)26-27-25(29)33-24(16-28(30)31)22-10-6-7-11-23(22)32-17-20-8-4-3-5-9-20/h3-15,24H,16-17H2,1-2H3/t24-/m1/s1. The number of nitrogens with zero attached hydrogens (tertiary/aromatic N) is 4. The van der Waals surface area contributed by atoms with Gasteiger partial charge in [0.25, 0.3) is 0 Å². The zero-order chi connectivity index (χ0) is 23.2. The van der Waals surface area contributed by atoms with Gasteiger partial charge in [0.05, 0.1) is 0 Å². The van der Waals surface area contributed by atoms with Crippen LogP contribution in [0.5, 0.6) is 5.75 Å². The maximum atomic E-state index is 11.6. The predicted octanol–water partition coefficient (Wildman–Crippen LogP) is 5.57. The molecule has 4 rings (SSSR count). The minimum atomic E-state index is -0.500. The number of para-hydroxylation sites is 1. The van der Waals surface area contributed by atoms with Gasteiger partial charge in [0.15, 0.2) is 5.16 Å². The Morgan fingerprint density at radius 3 is 2.39 bits per heavy atom. The molecule has 0 radical (unpaired) electrons. The molecule has 168 valence electrons. The predicted molar refractivity (Wildman–Crippen MR) is 129 cm³/mol. The third-order valence-corrected chi connectivity index (χ3v) is 6.32. The van der Waals surface area contributed by atoms with E-state index in [0.29, 0.717) is 17.5 Å². The van der Waals surface area contributed by atoms with Gasteiger partial charge < -0.3 is 4.74 Å². The van der Waals surface area contributed by atoms with Crippen LogP contribution in [0.4, 0.5) is 0 Å². The van der Waals surface area contributed by atoms with Crippen molar-refractivity contribution >= 4 is 11.8 Å². The summed E-state index contributed by atoms with van der Waals surface area (Å²) >= 11 is 1.32. The Morgan fingerprint density at radius 2 is 1.67 bits per heavy atom. The van der Waals surface area contributed by atoms with Crippen LogP contribution in [0.15, 0.2) is 84.0 Å². The molecule has 0 bridgehead atoms. The fourth-order valence-electron chi connectivity index (χ4n) is 3.49. The summed E-state index contributed by atoms with van der Waals surface area (Å²) in [5, 5.41) is 20.2. The summed E-state index contributed by atoms with van der Waals surface area (Å²) in [6.45, 7) is 4.01. The molecule has 3 aromatic carbocycles. The third-order valence-electron chi connectivity index (χ3n) is 5.15. The fourth-order valence-corrected chi connectivity index (χ4v) is 4.69. The Hall–Kier alpha value is -3.65. The summed E-state index contributed by atoms with van der Waals surface area (Å²) in [4.78, 5) is 11.3. The SMILES string of the molecule is Cc1ccc(-n2c(C)nnc2S[C@H](C[N+](=O)[O-])c2ccccc2OCc2ccccc2)cc1. The number of nitro groups is 1. The summed E-state index contributed by atoms with van der Waals surface area (Å²) in [6, 6.07) is 25.3. The van der Waals surface area contributed by atoms with Gasteiger partial charge in [-0.3, -0.25) is 14.7 Å². The molecule has 1 aromatic heterocycles. The molecule has 0 spiro atoms. The second-order valence-electron chi connectivity index (χ2n) is 7.63. The molecule has 0 aliphatic heterocycles. The van der Waals surface area contributed by atoms with E-state index in [0.717, 1.165) is 28.2 Å². The van der Waals surface area contributed by atoms with Crippen LogP contribution in [-0.4, -0.2) is 26.2 Å². The summed E-state index contributed by atoms with van der Waals surface area (Å²) in [6.07, 6.45) is 0. The Labute approximate surface area is 196 Å². The molecule has 0 saturated carbocycles. The zero-order valence-electron chi connectivity index (χ0n) is 18.4. The van der Waals surface area contributed by atoms with Crippen molar-refractivity contribution in [1.29, 1.82) is 0 Å². The maximum absolute atomic E-state index is 11.6. The van der Waals surface area contributed by atoms with E-state index >= 15 is 0 Å². The van der Waals surface area contributed by atoms with Crippen LogP contribution in [0.25, 0.3) is 5.69 Å². The Morgan fingerprint density at radius 1 is 0.970 bits per heavy atom. The Bertz CT molecular complexity index is 1230. The lowest BCUT2D eigenvalue weighted by molar-refractivity contribution is -0.479. The molecule has 0 saturated heterocycles. The van der Waals surface area contributed by atoms with Gasteiger partial charge in [-0.2, -0.15) is 0 Å². The van der Waals surface area contributed by atoms with Crippen LogP contribution in [0, 0.1) is 24.0 Å². The van der Waals surface area contributed by atoms with Crippen molar-refractivity contribution in [3.8, 4) is 11.4 Å². The first-order chi connectivity index (χ1) is 16.0. The molecule has 1 heterocycles. The van der Waals surface area contributed by atoms with E-state index in [4.69, 9.17) is 4.74 Å². The van der Waals surface area contributed by atoms with Gasteiger partial charge in [-0.05, 0) is 37.6 Å². The van der Waals surface area contributed by atoms with E-state index in [1.165, 1.54) is 11.8 Å². The van der Waals surface area contributed by atoms with E-state index in [1.807, 2.05) is 97.3 Å². The quantitative estimate of drug-likeness (QED) is 0.184. The first-order valence-electron chi connectivity index (χ1n) is 10.5. The molecule has 33 heavy (non-hydrogen) atoms. The fraction of sp³-hybridized carbons (Fsp3) is 0.200. The van der Waals surface area contributed by atoms with Crippen molar-refractivity contribution in [2.24, 2.45) is 0 Å². The number of hydrogen-bond donors (Lipinski definition) is 0. The van der Waals surface area contributed by atoms with Crippen LogP contribution in [0.2, 0.25) is 0 Å². The molecule has 4 aromatic rings. The lowest BCUT2D eigenvalue weighted by Gasteiger charge is -2.18. The number of hydrogen-bond acceptors (Lipinski definition) is 6. The Kier molecular flexibility index (Phi) is 7.04. The van der Waals surface area contributed by atoms with Gasteiger partial charge >= 0.3 is 0 Å². The summed E-state index contributed by atoms with van der Waals surface area (Å²) in [7, 11) is 0. The molecule has 0 unspecified atom stereocenters. The van der Waals surface area contributed by atoms with Crippen LogP contribution in [-0.2, 0) is 6.61 Å². The zero-order valence-corrected chi connectivity index (χ0v) is 19.2.